The quantitative estimate of drug-likeness (QED) is 0.735. The lowest BCUT2D eigenvalue weighted by Crippen LogP contribution is -2.48. The van der Waals surface area contributed by atoms with Crippen LogP contribution in [-0.2, 0) is 16.6 Å². The molecule has 0 radical (unpaired) electrons. The zero-order valence-electron chi connectivity index (χ0n) is 16.3. The second-order valence-electron chi connectivity index (χ2n) is 7.51. The summed E-state index contributed by atoms with van der Waals surface area (Å²) in [5.74, 6) is -0.683. The number of rotatable bonds is 5. The van der Waals surface area contributed by atoms with E-state index in [4.69, 9.17) is 0 Å². The monoisotopic (exact) mass is 413 g/mol. The van der Waals surface area contributed by atoms with Crippen molar-refractivity contribution in [3.8, 4) is 0 Å². The minimum atomic E-state index is -0.885. The van der Waals surface area contributed by atoms with Crippen LogP contribution in [0.1, 0.15) is 32.6 Å². The molecule has 9 heteroatoms. The number of hydrogen-bond acceptors (Lipinski definition) is 5. The van der Waals surface area contributed by atoms with Gasteiger partial charge in [-0.05, 0) is 44.0 Å². The molecule has 8 nitrogen and oxygen atoms in total. The Hall–Kier alpha value is -2.81. The molecule has 4 rings (SSSR count). The Morgan fingerprint density at radius 2 is 1.93 bits per heavy atom. The highest BCUT2D eigenvalue weighted by Crippen LogP contribution is 2.36. The van der Waals surface area contributed by atoms with E-state index in [2.05, 4.69) is 15.6 Å². The molecule has 1 spiro atoms. The Kier molecular flexibility index (Phi) is 5.08. The first-order valence-electron chi connectivity index (χ1n) is 9.61. The highest BCUT2D eigenvalue weighted by atomic mass is 32.2. The van der Waals surface area contributed by atoms with Crippen molar-refractivity contribution in [3.05, 3.63) is 36.7 Å². The van der Waals surface area contributed by atoms with Crippen molar-refractivity contribution >= 4 is 35.3 Å². The van der Waals surface area contributed by atoms with Crippen LogP contribution in [0.15, 0.2) is 46.7 Å². The van der Waals surface area contributed by atoms with Gasteiger partial charge in [0.2, 0.25) is 5.91 Å². The molecule has 0 bridgehead atoms. The number of benzene rings is 1. The summed E-state index contributed by atoms with van der Waals surface area (Å²) in [7, 11) is 1.93. The van der Waals surface area contributed by atoms with Crippen LogP contribution in [0, 0.1) is 0 Å². The first-order valence-corrected chi connectivity index (χ1v) is 10.4. The molecule has 2 heterocycles. The Labute approximate surface area is 173 Å². The maximum atomic E-state index is 12.8. The number of nitrogens with zero attached hydrogens (tertiary/aromatic N) is 3. The smallest absolute Gasteiger partial charge is 0.325 e. The molecule has 1 aromatic carbocycles. The maximum Gasteiger partial charge on any atom is 0.325 e. The maximum absolute atomic E-state index is 12.8. The molecule has 1 aliphatic heterocycles. The number of carbonyl (C=O) groups excluding carboxylic acids is 3. The van der Waals surface area contributed by atoms with Crippen molar-refractivity contribution < 1.29 is 14.4 Å². The first-order chi connectivity index (χ1) is 13.9. The second kappa shape index (κ2) is 7.55. The summed E-state index contributed by atoms with van der Waals surface area (Å²) in [5, 5.41) is 6.47. The van der Waals surface area contributed by atoms with Gasteiger partial charge >= 0.3 is 6.03 Å². The van der Waals surface area contributed by atoms with Crippen molar-refractivity contribution in [2.75, 3.05) is 5.32 Å². The van der Waals surface area contributed by atoms with Gasteiger partial charge < -0.3 is 15.2 Å². The first kappa shape index (κ1) is 19.5. The lowest BCUT2D eigenvalue weighted by Gasteiger charge is -2.23. The van der Waals surface area contributed by atoms with E-state index in [1.807, 2.05) is 29.9 Å². The number of anilines is 1. The van der Waals surface area contributed by atoms with Gasteiger partial charge in [-0.3, -0.25) is 9.59 Å². The van der Waals surface area contributed by atoms with Crippen LogP contribution in [0.3, 0.4) is 0 Å². The van der Waals surface area contributed by atoms with E-state index >= 15 is 0 Å². The van der Waals surface area contributed by atoms with Crippen LogP contribution in [0.2, 0.25) is 0 Å². The summed E-state index contributed by atoms with van der Waals surface area (Å²) < 4.78 is 1.93. The Balaban J connectivity index is 1.40. The van der Waals surface area contributed by atoms with E-state index in [1.165, 1.54) is 11.8 Å². The van der Waals surface area contributed by atoms with Gasteiger partial charge in [-0.1, -0.05) is 24.6 Å². The number of amides is 4. The number of nitrogens with one attached hydrogen (secondary N) is 2. The van der Waals surface area contributed by atoms with Crippen molar-refractivity contribution in [2.24, 2.45) is 7.05 Å². The van der Waals surface area contributed by atoms with Gasteiger partial charge in [-0.15, -0.1) is 0 Å². The van der Waals surface area contributed by atoms with Crippen LogP contribution >= 0.6 is 11.8 Å². The average molecular weight is 414 g/mol. The van der Waals surface area contributed by atoms with Crippen LogP contribution in [0.25, 0.3) is 0 Å². The average Bonchev–Trinajstić information content (AvgIpc) is 3.38. The predicted octanol–water partition coefficient (Wildman–Crippen LogP) is 2.76. The number of hydrogen-bond donors (Lipinski definition) is 2. The molecule has 1 atom stereocenters. The minimum Gasteiger partial charge on any atom is -0.329 e. The van der Waals surface area contributed by atoms with E-state index < -0.39 is 23.5 Å². The Morgan fingerprint density at radius 1 is 1.24 bits per heavy atom. The summed E-state index contributed by atoms with van der Waals surface area (Å²) in [6.45, 7) is 1.58. The number of imidazole rings is 1. The minimum absolute atomic E-state index is 0.288. The molecule has 152 valence electrons. The molecule has 1 aliphatic carbocycles. The van der Waals surface area contributed by atoms with Gasteiger partial charge in [0.15, 0.2) is 5.16 Å². The summed E-state index contributed by atoms with van der Waals surface area (Å²) in [5.41, 5.74) is -0.205. The molecule has 2 aliphatic rings. The van der Waals surface area contributed by atoms with E-state index in [0.29, 0.717) is 18.5 Å². The fraction of sp³-hybridized carbons (Fsp3) is 0.400. The third kappa shape index (κ3) is 3.62. The number of aromatic nitrogens is 2. The van der Waals surface area contributed by atoms with Gasteiger partial charge in [-0.2, -0.15) is 0 Å². The number of urea groups is 1. The fourth-order valence-electron chi connectivity index (χ4n) is 3.84. The van der Waals surface area contributed by atoms with Crippen molar-refractivity contribution in [1.82, 2.24) is 19.8 Å². The largest absolute Gasteiger partial charge is 0.329 e. The van der Waals surface area contributed by atoms with Gasteiger partial charge in [0, 0.05) is 30.0 Å². The summed E-state index contributed by atoms with van der Waals surface area (Å²) in [6.07, 6.45) is 6.70. The van der Waals surface area contributed by atoms with Crippen LogP contribution in [0.4, 0.5) is 10.5 Å². The fourth-order valence-corrected chi connectivity index (χ4v) is 4.64. The van der Waals surface area contributed by atoms with Crippen molar-refractivity contribution in [3.63, 3.8) is 0 Å². The molecule has 29 heavy (non-hydrogen) atoms. The molecule has 1 saturated heterocycles. The molecule has 1 saturated carbocycles. The lowest BCUT2D eigenvalue weighted by molar-refractivity contribution is -0.136. The Bertz CT molecular complexity index is 949. The lowest BCUT2D eigenvalue weighted by atomic mass is 9.97. The molecular weight excluding hydrogens is 390 g/mol. The van der Waals surface area contributed by atoms with Gasteiger partial charge in [0.25, 0.3) is 5.91 Å². The molecule has 1 unspecified atom stereocenters. The van der Waals surface area contributed by atoms with Crippen LogP contribution < -0.4 is 10.6 Å². The summed E-state index contributed by atoms with van der Waals surface area (Å²) >= 11 is 1.52. The molecule has 2 aromatic rings. The summed E-state index contributed by atoms with van der Waals surface area (Å²) in [4.78, 5) is 44.2. The Morgan fingerprint density at radius 3 is 2.55 bits per heavy atom. The normalized spacial score (nSPS) is 18.9. The SMILES string of the molecule is CC(C(=O)Nc1ccc(Sc2nccn2C)cc1)N1C(=O)NC2(CCCC2)C1=O. The van der Waals surface area contributed by atoms with Crippen molar-refractivity contribution in [1.29, 1.82) is 0 Å². The molecule has 4 amide bonds. The molecule has 2 N–H and O–H groups in total. The second-order valence-corrected chi connectivity index (χ2v) is 8.55. The van der Waals surface area contributed by atoms with Crippen LogP contribution in [-0.4, -0.2) is 43.9 Å². The molecule has 2 fully saturated rings. The standard InChI is InChI=1S/C20H23N5O3S/c1-13(25-17(27)20(23-18(25)28)9-3-4-10-20)16(26)22-14-5-7-15(8-6-14)29-19-21-11-12-24(19)2/h5-8,11-13H,3-4,9-10H2,1-2H3,(H,22,26)(H,23,28). The van der Waals surface area contributed by atoms with Gasteiger partial charge in [0.1, 0.15) is 11.6 Å². The third-order valence-corrected chi connectivity index (χ3v) is 6.61. The van der Waals surface area contributed by atoms with E-state index in [0.717, 1.165) is 27.8 Å². The zero-order chi connectivity index (χ0) is 20.6. The number of aryl methyl sites for hydroxylation is 1. The topological polar surface area (TPSA) is 96.3 Å². The van der Waals surface area contributed by atoms with E-state index in [9.17, 15) is 14.4 Å². The number of imide groups is 1. The third-order valence-electron chi connectivity index (χ3n) is 5.53. The predicted molar refractivity (Wildman–Crippen MR) is 108 cm³/mol. The van der Waals surface area contributed by atoms with Crippen LogP contribution in [0.5, 0.6) is 0 Å². The van der Waals surface area contributed by atoms with Gasteiger partial charge in [0.05, 0.1) is 0 Å². The number of carbonyl (C=O) groups is 3. The van der Waals surface area contributed by atoms with Gasteiger partial charge in [-0.25, -0.2) is 14.7 Å². The van der Waals surface area contributed by atoms with E-state index in [1.54, 1.807) is 25.3 Å². The van der Waals surface area contributed by atoms with Crippen molar-refractivity contribution in [2.45, 2.75) is 54.2 Å². The van der Waals surface area contributed by atoms with E-state index in [-0.39, 0.29) is 5.91 Å². The zero-order valence-corrected chi connectivity index (χ0v) is 17.2. The molecule has 1 aromatic heterocycles. The highest BCUT2D eigenvalue weighted by molar-refractivity contribution is 7.99. The molecular formula is C20H23N5O3S. The summed E-state index contributed by atoms with van der Waals surface area (Å²) in [6, 6.07) is 5.99. The highest BCUT2D eigenvalue weighted by Gasteiger charge is 2.54.